The van der Waals surface area contributed by atoms with Crippen molar-refractivity contribution in [2.75, 3.05) is 20.2 Å². The first-order valence-corrected chi connectivity index (χ1v) is 4.92. The van der Waals surface area contributed by atoms with Crippen molar-refractivity contribution in [3.05, 3.63) is 28.5 Å². The van der Waals surface area contributed by atoms with E-state index < -0.39 is 0 Å². The number of likely N-dealkylation sites (N-methyl/N-ethyl adjacent to an activating group) is 1. The predicted molar refractivity (Wildman–Crippen MR) is 56.0 cm³/mol. The standard InChI is InChI=1S/C9H11BrN2O2/c1-12(4-5-13)9(14)7-2-3-11-8(10)6-7/h2-3,6,13H,4-5H2,1H3. The van der Waals surface area contributed by atoms with Crippen molar-refractivity contribution in [2.45, 2.75) is 0 Å². The summed E-state index contributed by atoms with van der Waals surface area (Å²) in [6, 6.07) is 3.29. The molecule has 1 rings (SSSR count). The van der Waals surface area contributed by atoms with Crippen molar-refractivity contribution in [1.29, 1.82) is 0 Å². The van der Waals surface area contributed by atoms with Gasteiger partial charge in [0.05, 0.1) is 6.61 Å². The Morgan fingerprint density at radius 2 is 2.43 bits per heavy atom. The van der Waals surface area contributed by atoms with E-state index in [0.29, 0.717) is 16.7 Å². The molecule has 5 heteroatoms. The van der Waals surface area contributed by atoms with E-state index in [-0.39, 0.29) is 12.5 Å². The third-order valence-corrected chi connectivity index (χ3v) is 2.19. The van der Waals surface area contributed by atoms with E-state index in [1.165, 1.54) is 4.90 Å². The summed E-state index contributed by atoms with van der Waals surface area (Å²) in [6.07, 6.45) is 1.56. The zero-order valence-corrected chi connectivity index (χ0v) is 9.36. The lowest BCUT2D eigenvalue weighted by atomic mass is 10.2. The molecule has 0 fully saturated rings. The summed E-state index contributed by atoms with van der Waals surface area (Å²) in [5.74, 6) is -0.123. The molecule has 0 aromatic carbocycles. The maximum absolute atomic E-state index is 11.7. The summed E-state index contributed by atoms with van der Waals surface area (Å²) in [5, 5.41) is 8.67. The normalized spacial score (nSPS) is 9.93. The van der Waals surface area contributed by atoms with Gasteiger partial charge in [-0.15, -0.1) is 0 Å². The predicted octanol–water partition coefficient (Wildman–Crippen LogP) is 0.908. The molecular weight excluding hydrogens is 248 g/mol. The fourth-order valence-electron chi connectivity index (χ4n) is 1.01. The third kappa shape index (κ3) is 2.78. The molecule has 0 radical (unpaired) electrons. The molecule has 0 spiro atoms. The van der Waals surface area contributed by atoms with Crippen LogP contribution in [0.2, 0.25) is 0 Å². The Bertz CT molecular complexity index is 330. The minimum Gasteiger partial charge on any atom is -0.395 e. The Hall–Kier alpha value is -0.940. The number of hydrogen-bond donors (Lipinski definition) is 1. The number of rotatable bonds is 3. The number of hydrogen-bond acceptors (Lipinski definition) is 3. The molecule has 0 saturated carbocycles. The number of aliphatic hydroxyl groups excluding tert-OH is 1. The molecular formula is C9H11BrN2O2. The van der Waals surface area contributed by atoms with Crippen molar-refractivity contribution in [3.8, 4) is 0 Å². The number of halogens is 1. The van der Waals surface area contributed by atoms with Crippen LogP contribution in [-0.2, 0) is 0 Å². The van der Waals surface area contributed by atoms with Gasteiger partial charge in [-0.3, -0.25) is 4.79 Å². The number of carbonyl (C=O) groups is 1. The van der Waals surface area contributed by atoms with Gasteiger partial charge < -0.3 is 10.0 Å². The molecule has 1 N–H and O–H groups in total. The van der Waals surface area contributed by atoms with Crippen molar-refractivity contribution in [1.82, 2.24) is 9.88 Å². The van der Waals surface area contributed by atoms with Gasteiger partial charge in [-0.25, -0.2) is 4.98 Å². The fourth-order valence-corrected chi connectivity index (χ4v) is 1.37. The highest BCUT2D eigenvalue weighted by Crippen LogP contribution is 2.09. The van der Waals surface area contributed by atoms with Gasteiger partial charge >= 0.3 is 0 Å². The van der Waals surface area contributed by atoms with E-state index in [9.17, 15) is 4.79 Å². The van der Waals surface area contributed by atoms with Crippen LogP contribution < -0.4 is 0 Å². The summed E-state index contributed by atoms with van der Waals surface area (Å²) >= 11 is 3.19. The molecule has 4 nitrogen and oxygen atoms in total. The summed E-state index contributed by atoms with van der Waals surface area (Å²) in [7, 11) is 1.65. The number of amides is 1. The summed E-state index contributed by atoms with van der Waals surface area (Å²) in [5.41, 5.74) is 0.558. The minimum atomic E-state index is -0.123. The van der Waals surface area contributed by atoms with Gasteiger partial charge in [0.15, 0.2) is 0 Å². The van der Waals surface area contributed by atoms with Crippen LogP contribution in [0.3, 0.4) is 0 Å². The molecule has 14 heavy (non-hydrogen) atoms. The van der Waals surface area contributed by atoms with Crippen LogP contribution in [-0.4, -0.2) is 41.1 Å². The second-order valence-electron chi connectivity index (χ2n) is 2.82. The van der Waals surface area contributed by atoms with Gasteiger partial charge in [-0.2, -0.15) is 0 Å². The fraction of sp³-hybridized carbons (Fsp3) is 0.333. The molecule has 1 heterocycles. The first kappa shape index (κ1) is 11.1. The highest BCUT2D eigenvalue weighted by atomic mass is 79.9. The SMILES string of the molecule is CN(CCO)C(=O)c1ccnc(Br)c1. The Balaban J connectivity index is 2.78. The van der Waals surface area contributed by atoms with Crippen LogP contribution in [0.4, 0.5) is 0 Å². The maximum Gasteiger partial charge on any atom is 0.253 e. The third-order valence-electron chi connectivity index (χ3n) is 1.76. The van der Waals surface area contributed by atoms with E-state index in [1.807, 2.05) is 0 Å². The number of aromatic nitrogens is 1. The van der Waals surface area contributed by atoms with Crippen LogP contribution >= 0.6 is 15.9 Å². The van der Waals surface area contributed by atoms with Gasteiger partial charge in [0, 0.05) is 25.4 Å². The van der Waals surface area contributed by atoms with Crippen LogP contribution in [0, 0.1) is 0 Å². The van der Waals surface area contributed by atoms with Gasteiger partial charge in [0.2, 0.25) is 0 Å². The van der Waals surface area contributed by atoms with Crippen molar-refractivity contribution < 1.29 is 9.90 Å². The first-order chi connectivity index (χ1) is 6.65. The van der Waals surface area contributed by atoms with Gasteiger partial charge in [-0.05, 0) is 28.1 Å². The molecule has 76 valence electrons. The average molecular weight is 259 g/mol. The van der Waals surface area contributed by atoms with E-state index >= 15 is 0 Å². The second kappa shape index (κ2) is 5.07. The van der Waals surface area contributed by atoms with Gasteiger partial charge in [-0.1, -0.05) is 0 Å². The number of carbonyl (C=O) groups excluding carboxylic acids is 1. The molecule has 0 saturated heterocycles. The monoisotopic (exact) mass is 258 g/mol. The lowest BCUT2D eigenvalue weighted by molar-refractivity contribution is 0.0767. The van der Waals surface area contributed by atoms with Gasteiger partial charge in [0.25, 0.3) is 5.91 Å². The molecule has 0 aliphatic carbocycles. The number of aliphatic hydroxyl groups is 1. The summed E-state index contributed by atoms with van der Waals surface area (Å²) < 4.78 is 0.626. The number of nitrogens with zero attached hydrogens (tertiary/aromatic N) is 2. The summed E-state index contributed by atoms with van der Waals surface area (Å²) in [6.45, 7) is 0.299. The smallest absolute Gasteiger partial charge is 0.253 e. The Morgan fingerprint density at radius 1 is 1.71 bits per heavy atom. The van der Waals surface area contributed by atoms with Gasteiger partial charge in [0.1, 0.15) is 4.60 Å². The first-order valence-electron chi connectivity index (χ1n) is 4.13. The van der Waals surface area contributed by atoms with E-state index in [4.69, 9.17) is 5.11 Å². The molecule has 0 unspecified atom stereocenters. The molecule has 1 amide bonds. The molecule has 1 aromatic heterocycles. The molecule has 0 atom stereocenters. The quantitative estimate of drug-likeness (QED) is 0.821. The molecule has 0 aliphatic rings. The lowest BCUT2D eigenvalue weighted by Crippen LogP contribution is -2.29. The molecule has 0 bridgehead atoms. The van der Waals surface area contributed by atoms with E-state index in [1.54, 1.807) is 25.4 Å². The van der Waals surface area contributed by atoms with Crippen molar-refractivity contribution in [2.24, 2.45) is 0 Å². The van der Waals surface area contributed by atoms with E-state index in [0.717, 1.165) is 0 Å². The van der Waals surface area contributed by atoms with E-state index in [2.05, 4.69) is 20.9 Å². The van der Waals surface area contributed by atoms with Crippen LogP contribution in [0.15, 0.2) is 22.9 Å². The van der Waals surface area contributed by atoms with Crippen LogP contribution in [0.5, 0.6) is 0 Å². The highest BCUT2D eigenvalue weighted by molar-refractivity contribution is 9.10. The Kier molecular flexibility index (Phi) is 4.03. The Morgan fingerprint density at radius 3 is 3.00 bits per heavy atom. The minimum absolute atomic E-state index is 0.0332. The van der Waals surface area contributed by atoms with Crippen LogP contribution in [0.1, 0.15) is 10.4 Å². The Labute approximate surface area is 90.7 Å². The van der Waals surface area contributed by atoms with Crippen LogP contribution in [0.25, 0.3) is 0 Å². The lowest BCUT2D eigenvalue weighted by Gasteiger charge is -2.15. The average Bonchev–Trinajstić information content (AvgIpc) is 2.17. The highest BCUT2D eigenvalue weighted by Gasteiger charge is 2.10. The maximum atomic E-state index is 11.7. The molecule has 1 aromatic rings. The largest absolute Gasteiger partial charge is 0.395 e. The zero-order chi connectivity index (χ0) is 10.6. The number of pyridine rings is 1. The second-order valence-corrected chi connectivity index (χ2v) is 3.63. The molecule has 0 aliphatic heterocycles. The summed E-state index contributed by atoms with van der Waals surface area (Å²) in [4.78, 5) is 17.0. The zero-order valence-electron chi connectivity index (χ0n) is 7.77. The van der Waals surface area contributed by atoms with Crippen molar-refractivity contribution >= 4 is 21.8 Å². The van der Waals surface area contributed by atoms with Crippen molar-refractivity contribution in [3.63, 3.8) is 0 Å². The topological polar surface area (TPSA) is 53.4 Å².